The predicted octanol–water partition coefficient (Wildman–Crippen LogP) is 3.34. The van der Waals surface area contributed by atoms with Crippen molar-refractivity contribution >= 4 is 23.6 Å². The lowest BCUT2D eigenvalue weighted by atomic mass is 9.53. The van der Waals surface area contributed by atoms with Crippen LogP contribution in [-0.2, 0) is 16.1 Å². The summed E-state index contributed by atoms with van der Waals surface area (Å²) in [6, 6.07) is 0. The van der Waals surface area contributed by atoms with Crippen molar-refractivity contribution in [2.75, 3.05) is 31.2 Å². The van der Waals surface area contributed by atoms with Crippen LogP contribution < -0.4 is 10.2 Å². The first kappa shape index (κ1) is 21.6. The summed E-state index contributed by atoms with van der Waals surface area (Å²) in [6.07, 6.45) is 7.73. The molecule has 2 heterocycles. The summed E-state index contributed by atoms with van der Waals surface area (Å²) in [6.45, 7) is 10.4. The van der Waals surface area contributed by atoms with Crippen LogP contribution in [0.15, 0.2) is 5.16 Å². The van der Waals surface area contributed by atoms with Gasteiger partial charge in [-0.3, -0.25) is 9.36 Å². The number of amides is 1. The summed E-state index contributed by atoms with van der Waals surface area (Å²) in [5.74, 6) is 4.05. The van der Waals surface area contributed by atoms with Crippen molar-refractivity contribution in [3.63, 3.8) is 0 Å². The van der Waals surface area contributed by atoms with Crippen LogP contribution in [0.2, 0.25) is 0 Å². The lowest BCUT2D eigenvalue weighted by Crippen LogP contribution is -2.60. The normalized spacial score (nSPS) is 33.2. The second-order valence-electron chi connectivity index (χ2n) is 10.8. The fraction of sp³-hybridized carbons (Fsp3) is 0.870. The Kier molecular flexibility index (Phi) is 5.97. The topological polar surface area (TPSA) is 72.3 Å². The van der Waals surface area contributed by atoms with Crippen molar-refractivity contribution in [2.45, 2.75) is 81.8 Å². The van der Waals surface area contributed by atoms with Crippen molar-refractivity contribution in [3.8, 4) is 0 Å². The van der Waals surface area contributed by atoms with Crippen molar-refractivity contribution in [3.05, 3.63) is 0 Å². The third-order valence-electron chi connectivity index (χ3n) is 7.62. The van der Waals surface area contributed by atoms with Crippen LogP contribution in [-0.4, -0.2) is 57.8 Å². The minimum Gasteiger partial charge on any atom is -0.378 e. The molecule has 8 heteroatoms. The van der Waals surface area contributed by atoms with Gasteiger partial charge in [0.1, 0.15) is 0 Å². The van der Waals surface area contributed by atoms with Gasteiger partial charge in [0.2, 0.25) is 11.9 Å². The highest BCUT2D eigenvalue weighted by Crippen LogP contribution is 2.55. The van der Waals surface area contributed by atoms with Crippen LogP contribution in [0.5, 0.6) is 0 Å². The zero-order chi connectivity index (χ0) is 21.6. The van der Waals surface area contributed by atoms with Crippen LogP contribution in [0.3, 0.4) is 0 Å². The van der Waals surface area contributed by atoms with Crippen LogP contribution in [0.4, 0.5) is 5.95 Å². The molecule has 0 spiro atoms. The number of hydrogen-bond donors (Lipinski definition) is 1. The molecule has 7 nitrogen and oxygen atoms in total. The molecule has 5 fully saturated rings. The van der Waals surface area contributed by atoms with E-state index in [0.717, 1.165) is 61.7 Å². The van der Waals surface area contributed by atoms with Gasteiger partial charge < -0.3 is 15.0 Å². The number of morpholine rings is 1. The van der Waals surface area contributed by atoms with Crippen molar-refractivity contribution < 1.29 is 9.53 Å². The first-order chi connectivity index (χ1) is 14.9. The van der Waals surface area contributed by atoms with Crippen molar-refractivity contribution in [2.24, 2.45) is 23.7 Å². The largest absolute Gasteiger partial charge is 0.378 e. The standard InChI is InChI=1S/C23H37N5O2S/c1-15(2)14-28-21(27-4-6-30-7-5-27)25-26-22(28)31-16(3)20(29)24-23-11-17-8-18(12-23)10-19(9-17)13-23/h15-19H,4-14H2,1-3H3,(H,24,29). The van der Waals surface area contributed by atoms with Gasteiger partial charge in [0, 0.05) is 25.2 Å². The number of carbonyl (C=O) groups excluding carboxylic acids is 1. The van der Waals surface area contributed by atoms with Gasteiger partial charge in [0.15, 0.2) is 5.16 Å². The van der Waals surface area contributed by atoms with Gasteiger partial charge in [-0.15, -0.1) is 10.2 Å². The molecule has 5 aliphatic rings. The summed E-state index contributed by atoms with van der Waals surface area (Å²) >= 11 is 1.55. The Labute approximate surface area is 190 Å². The highest BCUT2D eigenvalue weighted by Gasteiger charge is 2.51. The van der Waals surface area contributed by atoms with Crippen LogP contribution in [0.25, 0.3) is 0 Å². The Morgan fingerprint density at radius 3 is 2.29 bits per heavy atom. The first-order valence-electron chi connectivity index (χ1n) is 12.2. The fourth-order valence-electron chi connectivity index (χ4n) is 6.73. The lowest BCUT2D eigenvalue weighted by molar-refractivity contribution is -0.126. The van der Waals surface area contributed by atoms with Gasteiger partial charge in [-0.25, -0.2) is 0 Å². The summed E-state index contributed by atoms with van der Waals surface area (Å²) < 4.78 is 7.71. The van der Waals surface area contributed by atoms with E-state index < -0.39 is 0 Å². The number of anilines is 1. The van der Waals surface area contributed by atoms with E-state index >= 15 is 0 Å². The van der Waals surface area contributed by atoms with Crippen molar-refractivity contribution in [1.82, 2.24) is 20.1 Å². The summed E-state index contributed by atoms with van der Waals surface area (Å²) in [7, 11) is 0. The Morgan fingerprint density at radius 1 is 1.10 bits per heavy atom. The summed E-state index contributed by atoms with van der Waals surface area (Å²) in [5.41, 5.74) is 0.0607. The highest BCUT2D eigenvalue weighted by molar-refractivity contribution is 8.00. The van der Waals surface area contributed by atoms with E-state index in [-0.39, 0.29) is 16.7 Å². The molecule has 6 rings (SSSR count). The van der Waals surface area contributed by atoms with E-state index in [4.69, 9.17) is 4.74 Å². The molecule has 172 valence electrons. The maximum atomic E-state index is 13.3. The predicted molar refractivity (Wildman–Crippen MR) is 122 cm³/mol. The fourth-order valence-corrected chi connectivity index (χ4v) is 7.58. The number of ether oxygens (including phenoxy) is 1. The van der Waals surface area contributed by atoms with E-state index in [1.807, 2.05) is 6.92 Å². The zero-order valence-corrected chi connectivity index (χ0v) is 20.0. The average molecular weight is 448 g/mol. The SMILES string of the molecule is CC(C)Cn1c(SC(C)C(=O)NC23CC4CC(CC(C4)C2)C3)nnc1N1CCOCC1. The first-order valence-corrected chi connectivity index (χ1v) is 13.0. The number of nitrogens with one attached hydrogen (secondary N) is 1. The smallest absolute Gasteiger partial charge is 0.233 e. The molecule has 31 heavy (non-hydrogen) atoms. The molecule has 1 aromatic heterocycles. The molecule has 1 aliphatic heterocycles. The van der Waals surface area contributed by atoms with Gasteiger partial charge in [-0.2, -0.15) is 0 Å². The lowest BCUT2D eigenvalue weighted by Gasteiger charge is -2.57. The van der Waals surface area contributed by atoms with Gasteiger partial charge in [0.25, 0.3) is 0 Å². The van der Waals surface area contributed by atoms with Gasteiger partial charge in [-0.1, -0.05) is 25.6 Å². The molecule has 1 N–H and O–H groups in total. The third kappa shape index (κ3) is 4.47. The quantitative estimate of drug-likeness (QED) is 0.647. The molecule has 1 atom stereocenters. The molecule has 1 unspecified atom stereocenters. The zero-order valence-electron chi connectivity index (χ0n) is 19.2. The molecular formula is C23H37N5O2S. The summed E-state index contributed by atoms with van der Waals surface area (Å²) in [5, 5.41) is 13.2. The third-order valence-corrected chi connectivity index (χ3v) is 8.70. The van der Waals surface area contributed by atoms with E-state index in [2.05, 4.69) is 38.8 Å². The van der Waals surface area contributed by atoms with Crippen LogP contribution in [0.1, 0.15) is 59.3 Å². The Balaban J connectivity index is 1.28. The minimum atomic E-state index is -0.180. The van der Waals surface area contributed by atoms with Gasteiger partial charge in [-0.05, 0) is 69.1 Å². The molecular weight excluding hydrogens is 410 g/mol. The number of thioether (sulfide) groups is 1. The summed E-state index contributed by atoms with van der Waals surface area (Å²) in [4.78, 5) is 15.5. The molecule has 1 amide bonds. The van der Waals surface area contributed by atoms with E-state index in [1.165, 1.54) is 38.5 Å². The Bertz CT molecular complexity index is 769. The molecule has 1 saturated heterocycles. The Morgan fingerprint density at radius 2 is 1.71 bits per heavy atom. The van der Waals surface area contributed by atoms with E-state index in [1.54, 1.807) is 11.8 Å². The molecule has 0 aromatic carbocycles. The maximum absolute atomic E-state index is 13.3. The van der Waals surface area contributed by atoms with Crippen LogP contribution >= 0.6 is 11.8 Å². The molecule has 4 saturated carbocycles. The molecule has 4 aliphatic carbocycles. The molecule has 0 radical (unpaired) electrons. The maximum Gasteiger partial charge on any atom is 0.233 e. The van der Waals surface area contributed by atoms with Crippen LogP contribution in [0, 0.1) is 23.7 Å². The molecule has 1 aromatic rings. The second kappa shape index (κ2) is 8.58. The van der Waals surface area contributed by atoms with E-state index in [0.29, 0.717) is 5.92 Å². The van der Waals surface area contributed by atoms with E-state index in [9.17, 15) is 4.79 Å². The number of rotatable bonds is 7. The monoisotopic (exact) mass is 447 g/mol. The van der Waals surface area contributed by atoms with Crippen molar-refractivity contribution in [1.29, 1.82) is 0 Å². The minimum absolute atomic E-state index is 0.0607. The Hall–Kier alpha value is -1.28. The number of nitrogens with zero attached hydrogens (tertiary/aromatic N) is 4. The number of carbonyl (C=O) groups is 1. The number of aromatic nitrogens is 3. The highest BCUT2D eigenvalue weighted by atomic mass is 32.2. The second-order valence-corrected chi connectivity index (χ2v) is 12.1. The average Bonchev–Trinajstić information content (AvgIpc) is 3.08. The molecule has 4 bridgehead atoms. The van der Waals surface area contributed by atoms with Gasteiger partial charge in [0.05, 0.1) is 18.5 Å². The van der Waals surface area contributed by atoms with Gasteiger partial charge >= 0.3 is 0 Å². The number of hydrogen-bond acceptors (Lipinski definition) is 6.